The number of hydrogen-bond donors (Lipinski definition) is 0. The highest BCUT2D eigenvalue weighted by Crippen LogP contribution is 2.31. The number of alkyl halides is 3. The number of hydrogen-bond acceptors (Lipinski definition) is 1. The molecule has 0 amide bonds. The Hall–Kier alpha value is -2.35. The van der Waals surface area contributed by atoms with Crippen molar-refractivity contribution in [3.8, 4) is 11.3 Å². The summed E-state index contributed by atoms with van der Waals surface area (Å²) in [7, 11) is 0. The van der Waals surface area contributed by atoms with Crippen molar-refractivity contribution < 1.29 is 13.2 Å². The van der Waals surface area contributed by atoms with Crippen LogP contribution >= 0.6 is 0 Å². The van der Waals surface area contributed by atoms with Gasteiger partial charge in [0.2, 0.25) is 0 Å². The standard InChI is InChI=1S/C13H7F3N2/c1-17-11-6-7-18-12(8-11)9-2-4-10(5-3-9)13(14,15)16/h2-8H. The molecular formula is C13H7F3N2. The molecule has 0 unspecified atom stereocenters. The van der Waals surface area contributed by atoms with Crippen LogP contribution in [0.4, 0.5) is 18.9 Å². The minimum Gasteiger partial charge on any atom is -0.259 e. The monoisotopic (exact) mass is 248 g/mol. The van der Waals surface area contributed by atoms with E-state index in [2.05, 4.69) is 9.83 Å². The lowest BCUT2D eigenvalue weighted by atomic mass is 10.1. The first-order valence-electron chi connectivity index (χ1n) is 5.02. The van der Waals surface area contributed by atoms with Gasteiger partial charge >= 0.3 is 6.18 Å². The van der Waals surface area contributed by atoms with E-state index in [0.29, 0.717) is 16.9 Å². The summed E-state index contributed by atoms with van der Waals surface area (Å²) in [4.78, 5) is 7.27. The van der Waals surface area contributed by atoms with E-state index < -0.39 is 11.7 Å². The SMILES string of the molecule is [C-]#[N+]c1ccnc(-c2ccc(C(F)(F)F)cc2)c1. The largest absolute Gasteiger partial charge is 0.416 e. The van der Waals surface area contributed by atoms with Gasteiger partial charge in [-0.15, -0.1) is 0 Å². The third kappa shape index (κ3) is 2.48. The maximum Gasteiger partial charge on any atom is 0.416 e. The van der Waals surface area contributed by atoms with Gasteiger partial charge in [0.15, 0.2) is 5.69 Å². The molecular weight excluding hydrogens is 241 g/mol. The van der Waals surface area contributed by atoms with Crippen molar-refractivity contribution >= 4 is 5.69 Å². The molecule has 0 atom stereocenters. The maximum absolute atomic E-state index is 12.4. The number of nitrogens with zero attached hydrogens (tertiary/aromatic N) is 2. The van der Waals surface area contributed by atoms with Crippen molar-refractivity contribution in [1.82, 2.24) is 4.98 Å². The molecule has 0 bridgehead atoms. The highest BCUT2D eigenvalue weighted by atomic mass is 19.4. The Morgan fingerprint density at radius 2 is 1.72 bits per heavy atom. The lowest BCUT2D eigenvalue weighted by molar-refractivity contribution is -0.137. The topological polar surface area (TPSA) is 17.2 Å². The van der Waals surface area contributed by atoms with Crippen molar-refractivity contribution in [3.05, 3.63) is 59.6 Å². The van der Waals surface area contributed by atoms with Crippen LogP contribution in [0.3, 0.4) is 0 Å². The van der Waals surface area contributed by atoms with Gasteiger partial charge in [0, 0.05) is 6.20 Å². The first kappa shape index (κ1) is 12.1. The van der Waals surface area contributed by atoms with Crippen LogP contribution < -0.4 is 0 Å². The highest BCUT2D eigenvalue weighted by Gasteiger charge is 2.29. The minimum atomic E-state index is -4.34. The molecule has 18 heavy (non-hydrogen) atoms. The normalized spacial score (nSPS) is 11.0. The second kappa shape index (κ2) is 4.49. The van der Waals surface area contributed by atoms with Crippen molar-refractivity contribution in [3.63, 3.8) is 0 Å². The maximum atomic E-state index is 12.4. The van der Waals surface area contributed by atoms with Crippen molar-refractivity contribution in [2.75, 3.05) is 0 Å². The van der Waals surface area contributed by atoms with Crippen LogP contribution in [0.25, 0.3) is 16.1 Å². The highest BCUT2D eigenvalue weighted by molar-refractivity contribution is 5.64. The van der Waals surface area contributed by atoms with E-state index in [1.54, 1.807) is 6.07 Å². The summed E-state index contributed by atoms with van der Waals surface area (Å²) >= 11 is 0. The molecule has 90 valence electrons. The van der Waals surface area contributed by atoms with E-state index in [0.717, 1.165) is 12.1 Å². The molecule has 1 aromatic carbocycles. The van der Waals surface area contributed by atoms with Gasteiger partial charge < -0.3 is 0 Å². The summed E-state index contributed by atoms with van der Waals surface area (Å²) in [6.07, 6.45) is -2.88. The predicted molar refractivity (Wildman–Crippen MR) is 60.9 cm³/mol. The predicted octanol–water partition coefficient (Wildman–Crippen LogP) is 4.32. The lowest BCUT2D eigenvalue weighted by Gasteiger charge is -2.07. The Kier molecular flexibility index (Phi) is 3.02. The quantitative estimate of drug-likeness (QED) is 0.687. The van der Waals surface area contributed by atoms with Gasteiger partial charge in [0.05, 0.1) is 17.8 Å². The number of aromatic nitrogens is 1. The zero-order valence-electron chi connectivity index (χ0n) is 9.07. The summed E-state index contributed by atoms with van der Waals surface area (Å²) in [6.45, 7) is 6.87. The number of rotatable bonds is 1. The second-order valence-corrected chi connectivity index (χ2v) is 3.59. The Morgan fingerprint density at radius 3 is 2.28 bits per heavy atom. The van der Waals surface area contributed by atoms with E-state index in [4.69, 9.17) is 6.57 Å². The Balaban J connectivity index is 2.38. The fourth-order valence-electron chi connectivity index (χ4n) is 1.48. The fraction of sp³-hybridized carbons (Fsp3) is 0.0769. The van der Waals surface area contributed by atoms with Crippen LogP contribution in [0.5, 0.6) is 0 Å². The van der Waals surface area contributed by atoms with E-state index >= 15 is 0 Å². The van der Waals surface area contributed by atoms with Crippen molar-refractivity contribution in [1.29, 1.82) is 0 Å². The summed E-state index contributed by atoms with van der Waals surface area (Å²) in [6, 6.07) is 7.77. The van der Waals surface area contributed by atoms with Gasteiger partial charge in [0.25, 0.3) is 0 Å². The molecule has 0 aliphatic rings. The van der Waals surface area contributed by atoms with Crippen LogP contribution in [0, 0.1) is 6.57 Å². The van der Waals surface area contributed by atoms with Gasteiger partial charge in [-0.25, -0.2) is 4.85 Å². The van der Waals surface area contributed by atoms with Gasteiger partial charge in [-0.3, -0.25) is 4.98 Å². The molecule has 2 rings (SSSR count). The molecule has 0 radical (unpaired) electrons. The van der Waals surface area contributed by atoms with Crippen LogP contribution in [-0.2, 0) is 6.18 Å². The molecule has 0 aliphatic carbocycles. The van der Waals surface area contributed by atoms with E-state index in [-0.39, 0.29) is 0 Å². The smallest absolute Gasteiger partial charge is 0.259 e. The molecule has 0 spiro atoms. The van der Waals surface area contributed by atoms with E-state index in [1.807, 2.05) is 0 Å². The fourth-order valence-corrected chi connectivity index (χ4v) is 1.48. The zero-order valence-corrected chi connectivity index (χ0v) is 9.07. The third-order valence-corrected chi connectivity index (χ3v) is 2.38. The summed E-state index contributed by atoms with van der Waals surface area (Å²) in [5, 5.41) is 0. The van der Waals surface area contributed by atoms with E-state index in [1.165, 1.54) is 24.4 Å². The zero-order chi connectivity index (χ0) is 13.2. The van der Waals surface area contributed by atoms with Gasteiger partial charge in [-0.2, -0.15) is 13.2 Å². The van der Waals surface area contributed by atoms with Crippen molar-refractivity contribution in [2.24, 2.45) is 0 Å². The van der Waals surface area contributed by atoms with Crippen LogP contribution in [0.2, 0.25) is 0 Å². The first-order valence-corrected chi connectivity index (χ1v) is 5.02. The Morgan fingerprint density at radius 1 is 1.06 bits per heavy atom. The molecule has 0 saturated carbocycles. The molecule has 1 aromatic heterocycles. The molecule has 2 aromatic rings. The van der Waals surface area contributed by atoms with E-state index in [9.17, 15) is 13.2 Å². The number of pyridine rings is 1. The average Bonchev–Trinajstić information content (AvgIpc) is 2.38. The second-order valence-electron chi connectivity index (χ2n) is 3.59. The van der Waals surface area contributed by atoms with Crippen LogP contribution in [0.15, 0.2) is 42.6 Å². The Labute approximate surface area is 102 Å². The molecule has 5 heteroatoms. The summed E-state index contributed by atoms with van der Waals surface area (Å²) in [5.41, 5.74) is 0.734. The summed E-state index contributed by atoms with van der Waals surface area (Å²) < 4.78 is 37.2. The van der Waals surface area contributed by atoms with Crippen molar-refractivity contribution in [2.45, 2.75) is 6.18 Å². The molecule has 0 saturated heterocycles. The number of benzene rings is 1. The van der Waals surface area contributed by atoms with Gasteiger partial charge in [0.1, 0.15) is 0 Å². The lowest BCUT2D eigenvalue weighted by Crippen LogP contribution is -2.04. The van der Waals surface area contributed by atoms with Gasteiger partial charge in [-0.1, -0.05) is 12.1 Å². The van der Waals surface area contributed by atoms with Crippen LogP contribution in [-0.4, -0.2) is 4.98 Å². The molecule has 0 fully saturated rings. The van der Waals surface area contributed by atoms with Gasteiger partial charge in [-0.05, 0) is 29.8 Å². The first-order chi connectivity index (χ1) is 8.50. The third-order valence-electron chi connectivity index (χ3n) is 2.38. The summed E-state index contributed by atoms with van der Waals surface area (Å²) in [5.74, 6) is 0. The average molecular weight is 248 g/mol. The molecule has 0 N–H and O–H groups in total. The van der Waals surface area contributed by atoms with Crippen LogP contribution in [0.1, 0.15) is 5.56 Å². The molecule has 0 aliphatic heterocycles. The Bertz CT molecular complexity index is 595. The number of halogens is 3. The molecule has 1 heterocycles. The molecule has 2 nitrogen and oxygen atoms in total. The minimum absolute atomic E-state index is 0.403.